The van der Waals surface area contributed by atoms with Crippen LogP contribution in [-0.4, -0.2) is 86.8 Å². The van der Waals surface area contributed by atoms with Crippen LogP contribution in [-0.2, 0) is 23.6 Å². The molecule has 2 aliphatic rings. The van der Waals surface area contributed by atoms with Crippen LogP contribution < -0.4 is 21.6 Å². The number of rotatable bonds is 7. The van der Waals surface area contributed by atoms with Crippen molar-refractivity contribution in [2.24, 2.45) is 0 Å². The number of amides is 3. The van der Waals surface area contributed by atoms with E-state index in [1.807, 2.05) is 23.1 Å². The molecule has 0 radical (unpaired) electrons. The number of hydrogen-bond acceptors (Lipinski definition) is 7. The van der Waals surface area contributed by atoms with Gasteiger partial charge in [0.25, 0.3) is 0 Å². The fourth-order valence-corrected chi connectivity index (χ4v) is 6.56. The molecule has 0 bridgehead atoms. The number of nitrogens with one attached hydrogen (secondary N) is 2. The summed E-state index contributed by atoms with van der Waals surface area (Å²) in [5, 5.41) is 7.01. The van der Waals surface area contributed by atoms with Gasteiger partial charge in [0.2, 0.25) is 5.91 Å². The summed E-state index contributed by atoms with van der Waals surface area (Å²) in [6, 6.07) is 11.0. The van der Waals surface area contributed by atoms with Crippen LogP contribution >= 0.6 is 0 Å². The molecule has 276 valence electrons. The molecule has 4 aromatic rings. The molecule has 2 saturated heterocycles. The van der Waals surface area contributed by atoms with E-state index in [0.29, 0.717) is 43.9 Å². The van der Waals surface area contributed by atoms with Crippen molar-refractivity contribution in [3.8, 4) is 11.4 Å². The summed E-state index contributed by atoms with van der Waals surface area (Å²) in [6.45, 7) is 1.43. The number of aromatic amines is 1. The Bertz CT molecular complexity index is 1900. The average Bonchev–Trinajstić information content (AvgIpc) is 3.53. The zero-order valence-corrected chi connectivity index (χ0v) is 27.6. The lowest BCUT2D eigenvalue weighted by molar-refractivity contribution is -0.141. The Kier molecular flexibility index (Phi) is 10.2. The maximum atomic E-state index is 13.9. The predicted molar refractivity (Wildman–Crippen MR) is 178 cm³/mol. The third-order valence-corrected chi connectivity index (χ3v) is 9.29. The fraction of sp³-hybridized carbons (Fsp3) is 0.382. The Balaban J connectivity index is 1.20. The van der Waals surface area contributed by atoms with E-state index in [0.717, 1.165) is 11.3 Å². The minimum absolute atomic E-state index is 0.139. The van der Waals surface area contributed by atoms with Crippen molar-refractivity contribution >= 4 is 23.3 Å². The Morgan fingerprint density at radius 2 is 1.46 bits per heavy atom. The first kappa shape index (κ1) is 36.2. The van der Waals surface area contributed by atoms with Crippen molar-refractivity contribution in [3.63, 3.8) is 0 Å². The number of carbonyl (C=O) groups excluding carboxylic acids is 2. The molecule has 52 heavy (non-hydrogen) atoms. The highest BCUT2D eigenvalue weighted by Crippen LogP contribution is 2.42. The summed E-state index contributed by atoms with van der Waals surface area (Å²) in [7, 11) is 0. The number of piperidine rings is 1. The monoisotopic (exact) mass is 731 g/mol. The first-order valence-electron chi connectivity index (χ1n) is 16.5. The number of halogens is 6. The number of likely N-dealkylation sites (tertiary alicyclic amines) is 1. The molecular weight excluding hydrogens is 696 g/mol. The molecule has 2 aliphatic heterocycles. The van der Waals surface area contributed by atoms with E-state index in [4.69, 9.17) is 5.73 Å². The number of urea groups is 1. The number of piperazine rings is 1. The summed E-state index contributed by atoms with van der Waals surface area (Å²) in [5.74, 6) is -0.271. The van der Waals surface area contributed by atoms with Gasteiger partial charge >= 0.3 is 24.1 Å². The van der Waals surface area contributed by atoms with Gasteiger partial charge in [0, 0.05) is 69.3 Å². The van der Waals surface area contributed by atoms with Gasteiger partial charge in [-0.2, -0.15) is 26.3 Å². The van der Waals surface area contributed by atoms with Crippen molar-refractivity contribution in [1.29, 1.82) is 0 Å². The molecule has 3 amide bonds. The smallest absolute Gasteiger partial charge is 0.398 e. The number of hydrogen-bond donors (Lipinski definition) is 3. The van der Waals surface area contributed by atoms with Crippen molar-refractivity contribution in [1.82, 2.24) is 34.9 Å². The second kappa shape index (κ2) is 14.6. The number of pyridine rings is 1. The molecule has 0 unspecified atom stereocenters. The number of benzene rings is 2. The first-order chi connectivity index (χ1) is 24.7. The van der Waals surface area contributed by atoms with Gasteiger partial charge in [-0.05, 0) is 42.7 Å². The quantitative estimate of drug-likeness (QED) is 0.187. The molecule has 0 aliphatic carbocycles. The molecule has 2 aromatic heterocycles. The highest BCUT2D eigenvalue weighted by molar-refractivity contribution is 5.87. The van der Waals surface area contributed by atoms with Crippen LogP contribution in [0.25, 0.3) is 11.4 Å². The van der Waals surface area contributed by atoms with Crippen molar-refractivity contribution in [2.45, 2.75) is 43.7 Å². The lowest BCUT2D eigenvalue weighted by Gasteiger charge is -2.38. The maximum Gasteiger partial charge on any atom is 0.418 e. The van der Waals surface area contributed by atoms with Gasteiger partial charge in [0.15, 0.2) is 5.82 Å². The average molecular weight is 732 g/mol. The van der Waals surface area contributed by atoms with Gasteiger partial charge in [-0.3, -0.25) is 14.8 Å². The van der Waals surface area contributed by atoms with E-state index in [2.05, 4.69) is 20.4 Å². The predicted octanol–water partition coefficient (Wildman–Crippen LogP) is 4.56. The van der Waals surface area contributed by atoms with Crippen molar-refractivity contribution in [2.75, 3.05) is 49.9 Å². The Morgan fingerprint density at radius 3 is 2.04 bits per heavy atom. The summed E-state index contributed by atoms with van der Waals surface area (Å²) in [5.41, 5.74) is 1.17. The van der Waals surface area contributed by atoms with Gasteiger partial charge in [-0.15, -0.1) is 5.10 Å². The topological polar surface area (TPSA) is 145 Å². The van der Waals surface area contributed by atoms with Crippen LogP contribution in [0.5, 0.6) is 0 Å². The van der Waals surface area contributed by atoms with Crippen LogP contribution in [0.3, 0.4) is 0 Å². The maximum absolute atomic E-state index is 13.9. The molecule has 12 nitrogen and oxygen atoms in total. The summed E-state index contributed by atoms with van der Waals surface area (Å²) in [4.78, 5) is 51.8. The Labute approximate surface area is 293 Å². The minimum atomic E-state index is -5.21. The SMILES string of the molecule is Nc1c(C(F)(F)F)cc(C[C@@H](NC(=O)N2CCC(n3nc(-c4ccccc4)[nH]c3=O)CC2)C(=O)N2CCN(c3ccncc3)CC2)cc1C(F)(F)F. The highest BCUT2D eigenvalue weighted by atomic mass is 19.4. The van der Waals surface area contributed by atoms with Crippen LogP contribution in [0.2, 0.25) is 0 Å². The van der Waals surface area contributed by atoms with Crippen LogP contribution in [0, 0.1) is 0 Å². The van der Waals surface area contributed by atoms with Gasteiger partial charge in [0.1, 0.15) is 6.04 Å². The normalized spacial score (nSPS) is 16.5. The first-order valence-corrected chi connectivity index (χ1v) is 16.5. The molecule has 0 saturated carbocycles. The second-order valence-corrected chi connectivity index (χ2v) is 12.6. The van der Waals surface area contributed by atoms with Crippen LogP contribution in [0.15, 0.2) is 71.8 Å². The van der Waals surface area contributed by atoms with E-state index >= 15 is 0 Å². The number of anilines is 2. The summed E-state index contributed by atoms with van der Waals surface area (Å²) in [6.07, 6.45) is -7.21. The second-order valence-electron chi connectivity index (χ2n) is 12.6. The Morgan fingerprint density at radius 1 is 0.865 bits per heavy atom. The number of aromatic nitrogens is 4. The third kappa shape index (κ3) is 8.00. The fourth-order valence-electron chi connectivity index (χ4n) is 6.56. The van der Waals surface area contributed by atoms with E-state index < -0.39 is 64.8 Å². The summed E-state index contributed by atoms with van der Waals surface area (Å²) >= 11 is 0. The number of nitrogens with zero attached hydrogens (tertiary/aromatic N) is 6. The van der Waals surface area contributed by atoms with Crippen LogP contribution in [0.1, 0.15) is 35.6 Å². The number of H-pyrrole nitrogens is 1. The van der Waals surface area contributed by atoms with Crippen molar-refractivity contribution < 1.29 is 35.9 Å². The highest BCUT2D eigenvalue weighted by Gasteiger charge is 2.41. The van der Waals surface area contributed by atoms with Crippen molar-refractivity contribution in [3.05, 3.63) is 94.2 Å². The third-order valence-electron chi connectivity index (χ3n) is 9.29. The van der Waals surface area contributed by atoms with Gasteiger partial charge < -0.3 is 25.8 Å². The van der Waals surface area contributed by atoms with E-state index in [9.17, 15) is 40.7 Å². The molecule has 6 rings (SSSR count). The number of carbonyl (C=O) groups is 2. The van der Waals surface area contributed by atoms with Crippen LogP contribution in [0.4, 0.5) is 42.5 Å². The van der Waals surface area contributed by atoms with E-state index in [1.165, 1.54) is 14.5 Å². The van der Waals surface area contributed by atoms with Gasteiger partial charge in [-0.1, -0.05) is 30.3 Å². The largest absolute Gasteiger partial charge is 0.418 e. The molecule has 18 heteroatoms. The standard InChI is InChI=1S/C34H35F6N9O3/c35-33(36,37)25-18-21(19-26(28(25)41)34(38,39)40)20-27(30(50)47-16-14-46(15-17-47)23-6-10-42-11-7-23)43-31(51)48-12-8-24(9-13-48)49-32(52)44-29(45-49)22-4-2-1-3-5-22/h1-7,10-11,18-19,24,27H,8-9,12-17,20,41H2,(H,43,51)(H,44,45,52)/t27-/m1/s1. The summed E-state index contributed by atoms with van der Waals surface area (Å²) < 4.78 is 84.4. The lowest BCUT2D eigenvalue weighted by Crippen LogP contribution is -2.57. The zero-order chi connectivity index (χ0) is 37.2. The molecule has 4 heterocycles. The zero-order valence-electron chi connectivity index (χ0n) is 27.6. The van der Waals surface area contributed by atoms with E-state index in [1.54, 1.807) is 36.7 Å². The van der Waals surface area contributed by atoms with Gasteiger partial charge in [-0.25, -0.2) is 14.3 Å². The minimum Gasteiger partial charge on any atom is -0.398 e. The molecule has 2 aromatic carbocycles. The molecular formula is C34H35F6N9O3. The van der Waals surface area contributed by atoms with E-state index in [-0.39, 0.29) is 32.2 Å². The molecule has 2 fully saturated rings. The number of nitrogens with two attached hydrogens (primary N) is 1. The lowest BCUT2D eigenvalue weighted by atomic mass is 9.96. The molecule has 4 N–H and O–H groups in total. The Hall–Kier alpha value is -5.55. The number of alkyl halides is 6. The number of nitrogen functional groups attached to an aromatic ring is 1. The molecule has 0 spiro atoms. The van der Waals surface area contributed by atoms with Gasteiger partial charge in [0.05, 0.1) is 22.9 Å². The molecule has 1 atom stereocenters.